The van der Waals surface area contributed by atoms with Gasteiger partial charge in [0.05, 0.1) is 10.5 Å². The standard InChI is InChI=1S/C29H32F3N5O3/c1-4-35-9-11-36(12-10-35)18-20-13-23(29(30,31)32)17-24(14-20)34-28(38)22-6-5-19(2)25(15-22)21-7-8-27(37(39)40)26(16-21)33-3/h5-8,13-17,33H,4,9-12,18H2,1-3H3,(H,34,38). The van der Waals surface area contributed by atoms with Gasteiger partial charge in [-0.2, -0.15) is 13.2 Å². The van der Waals surface area contributed by atoms with Crippen molar-refractivity contribution in [3.63, 3.8) is 0 Å². The van der Waals surface area contributed by atoms with Crippen molar-refractivity contribution >= 4 is 23.0 Å². The van der Waals surface area contributed by atoms with Gasteiger partial charge < -0.3 is 15.5 Å². The fourth-order valence-electron chi connectivity index (χ4n) is 4.88. The van der Waals surface area contributed by atoms with E-state index in [0.29, 0.717) is 28.9 Å². The summed E-state index contributed by atoms with van der Waals surface area (Å²) in [6.45, 7) is 8.46. The Hall–Kier alpha value is -3.96. The van der Waals surface area contributed by atoms with Gasteiger partial charge in [-0.25, -0.2) is 0 Å². The Balaban J connectivity index is 1.59. The number of nitrogens with zero attached hydrogens (tertiary/aromatic N) is 3. The van der Waals surface area contributed by atoms with Crippen molar-refractivity contribution in [2.45, 2.75) is 26.6 Å². The van der Waals surface area contributed by atoms with Crippen molar-refractivity contribution in [3.05, 3.63) is 87.0 Å². The summed E-state index contributed by atoms with van der Waals surface area (Å²) >= 11 is 0. The highest BCUT2D eigenvalue weighted by Gasteiger charge is 2.31. The van der Waals surface area contributed by atoms with Crippen LogP contribution >= 0.6 is 0 Å². The number of benzene rings is 3. The number of halogens is 3. The molecule has 3 aromatic rings. The summed E-state index contributed by atoms with van der Waals surface area (Å²) in [6, 6.07) is 13.2. The van der Waals surface area contributed by atoms with Crippen LogP contribution in [0.15, 0.2) is 54.6 Å². The molecule has 1 heterocycles. The summed E-state index contributed by atoms with van der Waals surface area (Å²) in [5.41, 5.74) is 2.39. The minimum atomic E-state index is -4.56. The number of nitrogens with one attached hydrogen (secondary N) is 2. The van der Waals surface area contributed by atoms with E-state index in [4.69, 9.17) is 0 Å². The normalized spacial score (nSPS) is 14.7. The molecule has 0 atom stereocenters. The van der Waals surface area contributed by atoms with E-state index in [9.17, 15) is 28.1 Å². The maximum absolute atomic E-state index is 13.7. The number of piperazine rings is 1. The van der Waals surface area contributed by atoms with Crippen molar-refractivity contribution < 1.29 is 22.9 Å². The van der Waals surface area contributed by atoms with Crippen LogP contribution in [0.3, 0.4) is 0 Å². The number of nitro groups is 1. The van der Waals surface area contributed by atoms with E-state index < -0.39 is 22.6 Å². The molecule has 11 heteroatoms. The van der Waals surface area contributed by atoms with Gasteiger partial charge in [0.1, 0.15) is 5.69 Å². The lowest BCUT2D eigenvalue weighted by Gasteiger charge is -2.34. The Morgan fingerprint density at radius 2 is 1.70 bits per heavy atom. The van der Waals surface area contributed by atoms with Crippen LogP contribution in [0.4, 0.5) is 30.2 Å². The second-order valence-electron chi connectivity index (χ2n) is 9.85. The molecule has 2 N–H and O–H groups in total. The second kappa shape index (κ2) is 12.1. The van der Waals surface area contributed by atoms with Crippen LogP contribution < -0.4 is 10.6 Å². The molecule has 3 aromatic carbocycles. The largest absolute Gasteiger partial charge is 0.416 e. The number of anilines is 2. The van der Waals surface area contributed by atoms with Gasteiger partial charge in [-0.15, -0.1) is 0 Å². The number of likely N-dealkylation sites (N-methyl/N-ethyl adjacent to an activating group) is 1. The quantitative estimate of drug-likeness (QED) is 0.261. The molecule has 0 aliphatic carbocycles. The van der Waals surface area contributed by atoms with Crippen LogP contribution in [-0.4, -0.2) is 60.4 Å². The first-order valence-electron chi connectivity index (χ1n) is 13.0. The van der Waals surface area contributed by atoms with E-state index in [1.165, 1.54) is 6.07 Å². The fraction of sp³-hybridized carbons (Fsp3) is 0.345. The van der Waals surface area contributed by atoms with E-state index >= 15 is 0 Å². The first-order valence-corrected chi connectivity index (χ1v) is 13.0. The van der Waals surface area contributed by atoms with E-state index in [-0.39, 0.29) is 16.9 Å². The second-order valence-corrected chi connectivity index (χ2v) is 9.85. The molecular weight excluding hydrogens is 523 g/mol. The van der Waals surface area contributed by atoms with Gasteiger partial charge in [0.15, 0.2) is 0 Å². The predicted octanol–water partition coefficient (Wildman–Crippen LogP) is 6.02. The third-order valence-corrected chi connectivity index (χ3v) is 7.17. The summed E-state index contributed by atoms with van der Waals surface area (Å²) in [5.74, 6) is -0.557. The van der Waals surface area contributed by atoms with Gasteiger partial charge >= 0.3 is 6.18 Å². The zero-order chi connectivity index (χ0) is 29.0. The molecule has 1 fully saturated rings. The lowest BCUT2D eigenvalue weighted by molar-refractivity contribution is -0.383. The number of nitro benzene ring substituents is 1. The van der Waals surface area contributed by atoms with Crippen LogP contribution in [0.5, 0.6) is 0 Å². The Morgan fingerprint density at radius 3 is 2.33 bits per heavy atom. The Labute approximate surface area is 230 Å². The first kappa shape index (κ1) is 29.0. The van der Waals surface area contributed by atoms with Crippen molar-refractivity contribution in [2.24, 2.45) is 0 Å². The third-order valence-electron chi connectivity index (χ3n) is 7.17. The molecule has 40 heavy (non-hydrogen) atoms. The molecule has 212 valence electrons. The topological polar surface area (TPSA) is 90.8 Å². The highest BCUT2D eigenvalue weighted by Crippen LogP contribution is 2.34. The molecule has 0 aromatic heterocycles. The monoisotopic (exact) mass is 555 g/mol. The highest BCUT2D eigenvalue weighted by atomic mass is 19.4. The molecular formula is C29H32F3N5O3. The van der Waals surface area contributed by atoms with Crippen molar-refractivity contribution in [1.82, 2.24) is 9.80 Å². The number of aryl methyl sites for hydroxylation is 1. The summed E-state index contributed by atoms with van der Waals surface area (Å²) in [6.07, 6.45) is -4.56. The summed E-state index contributed by atoms with van der Waals surface area (Å²) in [7, 11) is 1.58. The van der Waals surface area contributed by atoms with E-state index in [2.05, 4.69) is 27.4 Å². The zero-order valence-electron chi connectivity index (χ0n) is 22.6. The molecule has 0 unspecified atom stereocenters. The maximum atomic E-state index is 13.7. The number of amides is 1. The molecule has 0 radical (unpaired) electrons. The van der Waals surface area contributed by atoms with Gasteiger partial charge in [0.2, 0.25) is 0 Å². The average molecular weight is 556 g/mol. The average Bonchev–Trinajstić information content (AvgIpc) is 2.92. The minimum absolute atomic E-state index is 0.0666. The zero-order valence-corrected chi connectivity index (χ0v) is 22.6. The lowest BCUT2D eigenvalue weighted by Crippen LogP contribution is -2.45. The number of hydrogen-bond acceptors (Lipinski definition) is 6. The highest BCUT2D eigenvalue weighted by molar-refractivity contribution is 6.05. The van der Waals surface area contributed by atoms with Crippen molar-refractivity contribution in [2.75, 3.05) is 50.4 Å². The molecule has 4 rings (SSSR count). The SMILES string of the molecule is CCN1CCN(Cc2cc(NC(=O)c3ccc(C)c(-c4ccc([N+](=O)[O-])c(NC)c4)c3)cc(C(F)(F)F)c2)CC1. The van der Waals surface area contributed by atoms with E-state index in [1.807, 2.05) is 6.92 Å². The van der Waals surface area contributed by atoms with E-state index in [0.717, 1.165) is 50.4 Å². The Morgan fingerprint density at radius 1 is 1.00 bits per heavy atom. The van der Waals surface area contributed by atoms with Gasteiger partial charge in [-0.3, -0.25) is 19.8 Å². The summed E-state index contributed by atoms with van der Waals surface area (Å²) in [5, 5.41) is 16.8. The number of alkyl halides is 3. The van der Waals surface area contributed by atoms with Crippen molar-refractivity contribution in [1.29, 1.82) is 0 Å². The minimum Gasteiger partial charge on any atom is -0.383 e. The van der Waals surface area contributed by atoms with Crippen LogP contribution in [0.25, 0.3) is 11.1 Å². The summed E-state index contributed by atoms with van der Waals surface area (Å²) in [4.78, 5) is 28.4. The number of hydrogen-bond donors (Lipinski definition) is 2. The smallest absolute Gasteiger partial charge is 0.383 e. The summed E-state index contributed by atoms with van der Waals surface area (Å²) < 4.78 is 41.2. The Bertz CT molecular complexity index is 1400. The van der Waals surface area contributed by atoms with E-state index in [1.54, 1.807) is 43.4 Å². The molecule has 1 aliphatic heterocycles. The van der Waals surface area contributed by atoms with Gasteiger partial charge in [-0.1, -0.05) is 13.0 Å². The van der Waals surface area contributed by atoms with Crippen LogP contribution in [0.1, 0.15) is 34.0 Å². The van der Waals surface area contributed by atoms with Gasteiger partial charge in [0.25, 0.3) is 11.6 Å². The molecule has 0 bridgehead atoms. The molecule has 1 saturated heterocycles. The van der Waals surface area contributed by atoms with Crippen LogP contribution in [0, 0.1) is 17.0 Å². The van der Waals surface area contributed by atoms with Crippen molar-refractivity contribution in [3.8, 4) is 11.1 Å². The van der Waals surface area contributed by atoms with Gasteiger partial charge in [-0.05, 0) is 78.2 Å². The third kappa shape index (κ3) is 6.78. The molecule has 0 spiro atoms. The number of carbonyl (C=O) groups is 1. The molecule has 8 nitrogen and oxygen atoms in total. The maximum Gasteiger partial charge on any atom is 0.416 e. The van der Waals surface area contributed by atoms with Crippen LogP contribution in [-0.2, 0) is 12.7 Å². The Kier molecular flexibility index (Phi) is 8.75. The fourth-order valence-corrected chi connectivity index (χ4v) is 4.88. The lowest BCUT2D eigenvalue weighted by atomic mass is 9.97. The first-order chi connectivity index (χ1) is 19.0. The number of rotatable bonds is 8. The number of carbonyl (C=O) groups excluding carboxylic acids is 1. The molecule has 0 saturated carbocycles. The van der Waals surface area contributed by atoms with Crippen LogP contribution in [0.2, 0.25) is 0 Å². The molecule has 1 amide bonds. The predicted molar refractivity (Wildman–Crippen MR) is 150 cm³/mol. The molecule has 1 aliphatic rings. The van der Waals surface area contributed by atoms with Gasteiger partial charge in [0, 0.05) is 57.1 Å².